The molecule has 0 saturated heterocycles. The smallest absolute Gasteiger partial charge is 0.339 e. The van der Waals surface area contributed by atoms with Crippen molar-refractivity contribution in [3.05, 3.63) is 63.8 Å². The van der Waals surface area contributed by atoms with E-state index in [1.54, 1.807) is 36.4 Å². The number of hydrogen-bond donors (Lipinski definition) is 1. The molecule has 156 valence electrons. The second-order valence-electron chi connectivity index (χ2n) is 5.78. The van der Waals surface area contributed by atoms with Gasteiger partial charge in [0.25, 0.3) is 0 Å². The van der Waals surface area contributed by atoms with Crippen LogP contribution in [0.4, 0.5) is 0 Å². The predicted octanol–water partition coefficient (Wildman–Crippen LogP) is 5.06. The highest BCUT2D eigenvalue weighted by Gasteiger charge is 2.16. The van der Waals surface area contributed by atoms with Gasteiger partial charge in [-0.3, -0.25) is 0 Å². The van der Waals surface area contributed by atoms with Gasteiger partial charge in [-0.2, -0.15) is 0 Å². The molecular formula is C21H22Cl2O6. The molecule has 0 aromatic heterocycles. The lowest BCUT2D eigenvalue weighted by atomic mass is 10.0. The van der Waals surface area contributed by atoms with Crippen LogP contribution < -0.4 is 9.47 Å². The predicted molar refractivity (Wildman–Crippen MR) is 112 cm³/mol. The van der Waals surface area contributed by atoms with Gasteiger partial charge in [0.1, 0.15) is 24.5 Å². The number of rotatable bonds is 11. The van der Waals surface area contributed by atoms with Gasteiger partial charge < -0.3 is 24.1 Å². The summed E-state index contributed by atoms with van der Waals surface area (Å²) in [5, 5.41) is 10.0. The highest BCUT2D eigenvalue weighted by molar-refractivity contribution is 6.37. The number of carbonyl (C=O) groups is 1. The minimum absolute atomic E-state index is 0.0285. The molecule has 1 N–H and O–H groups in total. The minimum Gasteiger partial charge on any atom is -0.503 e. The molecule has 0 heterocycles. The fourth-order valence-electron chi connectivity index (χ4n) is 2.52. The molecular weight excluding hydrogens is 419 g/mol. The second-order valence-corrected chi connectivity index (χ2v) is 6.59. The number of aliphatic carboxylic acids is 1. The first-order chi connectivity index (χ1) is 14.0. The molecule has 2 aromatic rings. The van der Waals surface area contributed by atoms with Crippen molar-refractivity contribution in [2.24, 2.45) is 0 Å². The van der Waals surface area contributed by atoms with Crippen LogP contribution in [0.2, 0.25) is 10.0 Å². The summed E-state index contributed by atoms with van der Waals surface area (Å²) in [5.41, 5.74) is 1.19. The quantitative estimate of drug-likeness (QED) is 0.299. The monoisotopic (exact) mass is 440 g/mol. The maximum Gasteiger partial charge on any atom is 0.339 e. The lowest BCUT2D eigenvalue weighted by molar-refractivity contribution is -0.130. The standard InChI is InChI=1S/C21H22Cl2O6/c1-3-27-8-9-28-20-18(22)10-15(11-19(20)23)29-12-14-6-4-5-7-16(14)17(13-26-2)21(24)25/h4-7,10-11,13H,3,8-9,12H2,1-2H3,(H,24,25). The molecule has 0 aliphatic heterocycles. The number of hydrogen-bond acceptors (Lipinski definition) is 5. The van der Waals surface area contributed by atoms with E-state index in [1.807, 2.05) is 6.92 Å². The number of halogens is 2. The molecule has 29 heavy (non-hydrogen) atoms. The van der Waals surface area contributed by atoms with E-state index in [9.17, 15) is 9.90 Å². The van der Waals surface area contributed by atoms with Crippen LogP contribution >= 0.6 is 23.2 Å². The van der Waals surface area contributed by atoms with Crippen LogP contribution in [0.3, 0.4) is 0 Å². The van der Waals surface area contributed by atoms with Crippen LogP contribution in [0, 0.1) is 0 Å². The molecule has 0 aliphatic carbocycles. The van der Waals surface area contributed by atoms with Crippen molar-refractivity contribution in [1.29, 1.82) is 0 Å². The molecule has 0 saturated carbocycles. The number of carboxylic acid groups (broad SMARTS) is 1. The molecule has 0 unspecified atom stereocenters. The van der Waals surface area contributed by atoms with Gasteiger partial charge in [-0.1, -0.05) is 47.5 Å². The lowest BCUT2D eigenvalue weighted by Gasteiger charge is -2.14. The maximum absolute atomic E-state index is 11.5. The van der Waals surface area contributed by atoms with Crippen LogP contribution in [0.15, 0.2) is 42.7 Å². The Labute approximate surface area is 179 Å². The van der Waals surface area contributed by atoms with E-state index in [0.717, 1.165) is 0 Å². The van der Waals surface area contributed by atoms with E-state index in [0.29, 0.717) is 52.5 Å². The van der Waals surface area contributed by atoms with Gasteiger partial charge in [0.2, 0.25) is 0 Å². The summed E-state index contributed by atoms with van der Waals surface area (Å²) in [5.74, 6) is -0.310. The van der Waals surface area contributed by atoms with Crippen LogP contribution in [0.5, 0.6) is 11.5 Å². The summed E-state index contributed by atoms with van der Waals surface area (Å²) in [7, 11) is 1.39. The zero-order valence-electron chi connectivity index (χ0n) is 16.1. The normalized spacial score (nSPS) is 11.2. The summed E-state index contributed by atoms with van der Waals surface area (Å²) < 4.78 is 21.5. The Morgan fingerprint density at radius 2 is 1.79 bits per heavy atom. The fraction of sp³-hybridized carbons (Fsp3) is 0.286. The third kappa shape index (κ3) is 6.56. The zero-order valence-corrected chi connectivity index (χ0v) is 17.6. The third-order valence-corrected chi connectivity index (χ3v) is 4.38. The van der Waals surface area contributed by atoms with Gasteiger partial charge in [0.15, 0.2) is 5.75 Å². The molecule has 0 bridgehead atoms. The highest BCUT2D eigenvalue weighted by Crippen LogP contribution is 2.37. The van der Waals surface area contributed by atoms with E-state index in [-0.39, 0.29) is 12.2 Å². The van der Waals surface area contributed by atoms with E-state index in [2.05, 4.69) is 0 Å². The topological polar surface area (TPSA) is 74.2 Å². The molecule has 0 aliphatic rings. The Kier molecular flexibility index (Phi) is 9.12. The van der Waals surface area contributed by atoms with E-state index in [1.165, 1.54) is 13.4 Å². The van der Waals surface area contributed by atoms with E-state index >= 15 is 0 Å². The first-order valence-corrected chi connectivity index (χ1v) is 9.60. The van der Waals surface area contributed by atoms with Gasteiger partial charge in [-0.25, -0.2) is 4.79 Å². The van der Waals surface area contributed by atoms with Crippen molar-refractivity contribution in [3.63, 3.8) is 0 Å². The Balaban J connectivity index is 2.15. The number of carboxylic acids is 1. The molecule has 0 spiro atoms. The Morgan fingerprint density at radius 3 is 2.41 bits per heavy atom. The van der Waals surface area contributed by atoms with Gasteiger partial charge in [0.05, 0.1) is 30.0 Å². The molecule has 0 radical (unpaired) electrons. The van der Waals surface area contributed by atoms with E-state index in [4.69, 9.17) is 42.1 Å². The molecule has 2 rings (SSSR count). The number of methoxy groups -OCH3 is 1. The SMILES string of the molecule is CCOCCOc1c(Cl)cc(OCc2ccccc2C(=COC)C(=O)O)cc1Cl. The zero-order chi connectivity index (χ0) is 21.2. The molecule has 2 aromatic carbocycles. The van der Waals surface area contributed by atoms with Crippen molar-refractivity contribution in [3.8, 4) is 11.5 Å². The molecule has 0 atom stereocenters. The first-order valence-electron chi connectivity index (χ1n) is 8.84. The van der Waals surface area contributed by atoms with Crippen molar-refractivity contribution in [1.82, 2.24) is 0 Å². The maximum atomic E-state index is 11.5. The Bertz CT molecular complexity index is 843. The summed E-state index contributed by atoms with van der Waals surface area (Å²) in [6, 6.07) is 10.2. The molecule has 0 amide bonds. The molecule has 6 nitrogen and oxygen atoms in total. The van der Waals surface area contributed by atoms with Gasteiger partial charge in [-0.05, 0) is 18.1 Å². The van der Waals surface area contributed by atoms with Crippen LogP contribution in [-0.2, 0) is 20.9 Å². The number of ether oxygens (including phenoxy) is 4. The Morgan fingerprint density at radius 1 is 1.10 bits per heavy atom. The average Bonchev–Trinajstić information content (AvgIpc) is 2.69. The molecule has 0 fully saturated rings. The molecule has 8 heteroatoms. The largest absolute Gasteiger partial charge is 0.503 e. The van der Waals surface area contributed by atoms with Crippen molar-refractivity contribution >= 4 is 34.7 Å². The number of benzene rings is 2. The van der Waals surface area contributed by atoms with Gasteiger partial charge in [0, 0.05) is 18.7 Å². The lowest BCUT2D eigenvalue weighted by Crippen LogP contribution is -2.07. The fourth-order valence-corrected chi connectivity index (χ4v) is 3.10. The van der Waals surface area contributed by atoms with Crippen molar-refractivity contribution in [2.75, 3.05) is 26.9 Å². The average molecular weight is 441 g/mol. The van der Waals surface area contributed by atoms with Crippen LogP contribution in [-0.4, -0.2) is 38.0 Å². The van der Waals surface area contributed by atoms with Gasteiger partial charge >= 0.3 is 5.97 Å². The van der Waals surface area contributed by atoms with Crippen LogP contribution in [0.1, 0.15) is 18.1 Å². The Hall–Kier alpha value is -2.41. The second kappa shape index (κ2) is 11.6. The summed E-state index contributed by atoms with van der Waals surface area (Å²) in [6.45, 7) is 3.36. The third-order valence-electron chi connectivity index (χ3n) is 3.82. The minimum atomic E-state index is -1.10. The van der Waals surface area contributed by atoms with Crippen molar-refractivity contribution in [2.45, 2.75) is 13.5 Å². The summed E-state index contributed by atoms with van der Waals surface area (Å²) in [4.78, 5) is 11.5. The first kappa shape index (κ1) is 22.9. The van der Waals surface area contributed by atoms with Crippen LogP contribution in [0.25, 0.3) is 5.57 Å². The summed E-state index contributed by atoms with van der Waals surface area (Å²) >= 11 is 12.5. The summed E-state index contributed by atoms with van der Waals surface area (Å²) in [6.07, 6.45) is 1.18. The van der Waals surface area contributed by atoms with Gasteiger partial charge in [-0.15, -0.1) is 0 Å². The van der Waals surface area contributed by atoms with E-state index < -0.39 is 5.97 Å². The van der Waals surface area contributed by atoms with Crippen molar-refractivity contribution < 1.29 is 28.8 Å². The highest BCUT2D eigenvalue weighted by atomic mass is 35.5.